The molecule has 0 aliphatic carbocycles. The summed E-state index contributed by atoms with van der Waals surface area (Å²) in [4.78, 5) is 23.8. The fourth-order valence-corrected chi connectivity index (χ4v) is 2.64. The van der Waals surface area contributed by atoms with Gasteiger partial charge in [-0.1, -0.05) is 17.7 Å². The third kappa shape index (κ3) is 6.50. The van der Waals surface area contributed by atoms with Crippen LogP contribution in [0, 0.1) is 15.9 Å². The smallest absolute Gasteiger partial charge is 0.269 e. The molecule has 0 bridgehead atoms. The Morgan fingerprint density at radius 1 is 1.22 bits per heavy atom. The first-order chi connectivity index (χ1) is 12.9. The van der Waals surface area contributed by atoms with Gasteiger partial charge in [0.05, 0.1) is 11.5 Å². The van der Waals surface area contributed by atoms with E-state index >= 15 is 0 Å². The molecule has 0 radical (unpaired) electrons. The first kappa shape index (κ1) is 20.6. The fourth-order valence-electron chi connectivity index (χ4n) is 2.42. The van der Waals surface area contributed by atoms with Crippen LogP contribution in [-0.4, -0.2) is 42.4 Å². The normalized spacial score (nSPS) is 10.7. The molecule has 0 atom stereocenters. The number of nitrogens with one attached hydrogen (secondary N) is 2. The SMILES string of the molecule is CN(CC(=O)NCCNc1ccc([N+](=O)[O-])cc1)Cc1c(F)cccc1Cl. The van der Waals surface area contributed by atoms with Crippen molar-refractivity contribution in [3.63, 3.8) is 0 Å². The molecule has 1 amide bonds. The van der Waals surface area contributed by atoms with Gasteiger partial charge >= 0.3 is 0 Å². The summed E-state index contributed by atoms with van der Waals surface area (Å²) in [7, 11) is 1.71. The van der Waals surface area contributed by atoms with Crippen LogP contribution in [0.25, 0.3) is 0 Å². The monoisotopic (exact) mass is 394 g/mol. The summed E-state index contributed by atoms with van der Waals surface area (Å²) >= 11 is 5.99. The van der Waals surface area contributed by atoms with E-state index in [2.05, 4.69) is 10.6 Å². The summed E-state index contributed by atoms with van der Waals surface area (Å²) in [5, 5.41) is 16.7. The van der Waals surface area contributed by atoms with Gasteiger partial charge in [-0.25, -0.2) is 4.39 Å². The van der Waals surface area contributed by atoms with Crippen LogP contribution in [0.3, 0.4) is 0 Å². The number of rotatable bonds is 9. The van der Waals surface area contributed by atoms with E-state index in [1.165, 1.54) is 24.3 Å². The van der Waals surface area contributed by atoms with Crippen molar-refractivity contribution in [1.29, 1.82) is 0 Å². The number of likely N-dealkylation sites (N-methyl/N-ethyl adjacent to an activating group) is 1. The summed E-state index contributed by atoms with van der Waals surface area (Å²) in [6.45, 7) is 1.17. The van der Waals surface area contributed by atoms with Gasteiger partial charge in [-0.3, -0.25) is 19.8 Å². The Labute approximate surface area is 161 Å². The van der Waals surface area contributed by atoms with E-state index in [0.717, 1.165) is 5.69 Å². The van der Waals surface area contributed by atoms with E-state index < -0.39 is 10.7 Å². The van der Waals surface area contributed by atoms with Gasteiger partial charge in [0.15, 0.2) is 0 Å². The molecule has 7 nitrogen and oxygen atoms in total. The molecule has 0 saturated carbocycles. The fraction of sp³-hybridized carbons (Fsp3) is 0.278. The Morgan fingerprint density at radius 3 is 2.56 bits per heavy atom. The zero-order chi connectivity index (χ0) is 19.8. The van der Waals surface area contributed by atoms with E-state index in [1.807, 2.05) is 0 Å². The molecule has 0 saturated heterocycles. The first-order valence-electron chi connectivity index (χ1n) is 8.23. The summed E-state index contributed by atoms with van der Waals surface area (Å²) in [6, 6.07) is 10.5. The van der Waals surface area contributed by atoms with E-state index in [4.69, 9.17) is 11.6 Å². The van der Waals surface area contributed by atoms with Gasteiger partial charge in [0.2, 0.25) is 5.91 Å². The molecular weight excluding hydrogens is 375 g/mol. The number of benzene rings is 2. The lowest BCUT2D eigenvalue weighted by molar-refractivity contribution is -0.384. The number of hydrogen-bond acceptors (Lipinski definition) is 5. The van der Waals surface area contributed by atoms with E-state index in [9.17, 15) is 19.3 Å². The van der Waals surface area contributed by atoms with E-state index in [1.54, 1.807) is 30.1 Å². The summed E-state index contributed by atoms with van der Waals surface area (Å²) in [5.41, 5.74) is 1.10. The average molecular weight is 395 g/mol. The number of halogens is 2. The Morgan fingerprint density at radius 2 is 1.93 bits per heavy atom. The lowest BCUT2D eigenvalue weighted by Gasteiger charge is -2.17. The van der Waals surface area contributed by atoms with Crippen molar-refractivity contribution in [3.8, 4) is 0 Å². The highest BCUT2D eigenvalue weighted by Crippen LogP contribution is 2.20. The van der Waals surface area contributed by atoms with Crippen molar-refractivity contribution in [1.82, 2.24) is 10.2 Å². The summed E-state index contributed by atoms with van der Waals surface area (Å²) in [5.74, 6) is -0.600. The highest BCUT2D eigenvalue weighted by atomic mass is 35.5. The van der Waals surface area contributed by atoms with Crippen LogP contribution >= 0.6 is 11.6 Å². The minimum atomic E-state index is -0.463. The van der Waals surface area contributed by atoms with Gasteiger partial charge in [0.25, 0.3) is 5.69 Å². The number of nitro benzene ring substituents is 1. The van der Waals surface area contributed by atoms with Crippen molar-refractivity contribution < 1.29 is 14.1 Å². The number of nitro groups is 1. The number of carbonyl (C=O) groups excluding carboxylic acids is 1. The Kier molecular flexibility index (Phi) is 7.51. The largest absolute Gasteiger partial charge is 0.383 e. The van der Waals surface area contributed by atoms with Gasteiger partial charge in [-0.15, -0.1) is 0 Å². The maximum absolute atomic E-state index is 13.8. The van der Waals surface area contributed by atoms with Gasteiger partial charge < -0.3 is 10.6 Å². The zero-order valence-corrected chi connectivity index (χ0v) is 15.5. The topological polar surface area (TPSA) is 87.5 Å². The van der Waals surface area contributed by atoms with Crippen LogP contribution in [0.5, 0.6) is 0 Å². The maximum Gasteiger partial charge on any atom is 0.269 e. The third-order valence-electron chi connectivity index (χ3n) is 3.76. The second-order valence-corrected chi connectivity index (χ2v) is 6.36. The van der Waals surface area contributed by atoms with Crippen LogP contribution in [0.2, 0.25) is 5.02 Å². The van der Waals surface area contributed by atoms with Gasteiger partial charge in [-0.05, 0) is 31.3 Å². The van der Waals surface area contributed by atoms with Gasteiger partial charge in [-0.2, -0.15) is 0 Å². The molecule has 0 aliphatic rings. The lowest BCUT2D eigenvalue weighted by atomic mass is 10.2. The van der Waals surface area contributed by atoms with E-state index in [-0.39, 0.29) is 24.7 Å². The second-order valence-electron chi connectivity index (χ2n) is 5.95. The quantitative estimate of drug-likeness (QED) is 0.388. The third-order valence-corrected chi connectivity index (χ3v) is 4.11. The molecule has 0 spiro atoms. The van der Waals surface area contributed by atoms with Crippen molar-refractivity contribution in [3.05, 3.63) is 69.0 Å². The van der Waals surface area contributed by atoms with Crippen molar-refractivity contribution in [2.24, 2.45) is 0 Å². The summed E-state index contributed by atoms with van der Waals surface area (Å²) in [6.07, 6.45) is 0. The van der Waals surface area contributed by atoms with Crippen LogP contribution in [0.15, 0.2) is 42.5 Å². The molecule has 2 aromatic rings. The van der Waals surface area contributed by atoms with Crippen LogP contribution in [-0.2, 0) is 11.3 Å². The number of carbonyl (C=O) groups is 1. The zero-order valence-electron chi connectivity index (χ0n) is 14.7. The predicted octanol–water partition coefficient (Wildman–Crippen LogP) is 3.05. The predicted molar refractivity (Wildman–Crippen MR) is 102 cm³/mol. The highest BCUT2D eigenvalue weighted by Gasteiger charge is 2.12. The molecule has 2 aromatic carbocycles. The molecule has 2 N–H and O–H groups in total. The molecule has 0 aromatic heterocycles. The maximum atomic E-state index is 13.8. The first-order valence-corrected chi connectivity index (χ1v) is 8.61. The van der Waals surface area contributed by atoms with Crippen molar-refractivity contribution in [2.75, 3.05) is 32.0 Å². The molecule has 0 fully saturated rings. The Hall–Kier alpha value is -2.71. The molecule has 0 unspecified atom stereocenters. The van der Waals surface area contributed by atoms with Crippen LogP contribution in [0.4, 0.5) is 15.8 Å². The minimum Gasteiger partial charge on any atom is -0.383 e. The Bertz CT molecular complexity index is 781. The number of non-ortho nitro benzene ring substituents is 1. The van der Waals surface area contributed by atoms with Crippen molar-refractivity contribution in [2.45, 2.75) is 6.54 Å². The number of nitrogens with zero attached hydrogens (tertiary/aromatic N) is 2. The Balaban J connectivity index is 1.70. The molecular formula is C18H20ClFN4O3. The lowest BCUT2D eigenvalue weighted by Crippen LogP contribution is -2.37. The number of hydrogen-bond donors (Lipinski definition) is 2. The van der Waals surface area contributed by atoms with Gasteiger partial charge in [0, 0.05) is 48.0 Å². The van der Waals surface area contributed by atoms with Crippen LogP contribution in [0.1, 0.15) is 5.56 Å². The number of anilines is 1. The van der Waals surface area contributed by atoms with E-state index in [0.29, 0.717) is 23.7 Å². The highest BCUT2D eigenvalue weighted by molar-refractivity contribution is 6.31. The molecule has 144 valence electrons. The molecule has 27 heavy (non-hydrogen) atoms. The number of amides is 1. The molecule has 0 aliphatic heterocycles. The standard InChI is InChI=1S/C18H20ClFN4O3/c1-23(11-15-16(19)3-2-4-17(15)20)12-18(25)22-10-9-21-13-5-7-14(8-6-13)24(26)27/h2-8,21H,9-12H2,1H3,(H,22,25). The molecule has 2 rings (SSSR count). The van der Waals surface area contributed by atoms with Crippen LogP contribution < -0.4 is 10.6 Å². The van der Waals surface area contributed by atoms with Crippen molar-refractivity contribution >= 4 is 28.9 Å². The minimum absolute atomic E-state index is 0.0202. The average Bonchev–Trinajstić information content (AvgIpc) is 2.62. The second kappa shape index (κ2) is 9.84. The van der Waals surface area contributed by atoms with Gasteiger partial charge in [0.1, 0.15) is 5.82 Å². The summed E-state index contributed by atoms with van der Waals surface area (Å²) < 4.78 is 13.8. The molecule has 0 heterocycles. The molecule has 9 heteroatoms.